The first-order valence-corrected chi connectivity index (χ1v) is 9.56. The van der Waals surface area contributed by atoms with E-state index >= 15 is 0 Å². The van der Waals surface area contributed by atoms with Crippen LogP contribution in [0.5, 0.6) is 11.5 Å². The molecule has 1 fully saturated rings. The number of likely N-dealkylation sites (tertiary alicyclic amines) is 1. The topological polar surface area (TPSA) is 93.9 Å². The maximum Gasteiger partial charge on any atom is 0.309 e. The summed E-state index contributed by atoms with van der Waals surface area (Å²) in [4.78, 5) is 29.7. The minimum Gasteiger partial charge on any atom is -0.496 e. The second-order valence-corrected chi connectivity index (χ2v) is 7.47. The molecule has 0 aliphatic carbocycles. The number of benzene rings is 1. The molecule has 4 rings (SSSR count). The van der Waals surface area contributed by atoms with Gasteiger partial charge in [0.2, 0.25) is 0 Å². The van der Waals surface area contributed by atoms with E-state index in [1.54, 1.807) is 39.9 Å². The van der Waals surface area contributed by atoms with E-state index in [-0.39, 0.29) is 11.5 Å². The van der Waals surface area contributed by atoms with Crippen LogP contribution < -0.4 is 15.0 Å². The van der Waals surface area contributed by atoms with Crippen molar-refractivity contribution in [3.05, 3.63) is 52.7 Å². The average molecular weight is 409 g/mol. The summed E-state index contributed by atoms with van der Waals surface area (Å²) in [6.45, 7) is 1.54. The molecular weight excluding hydrogens is 386 g/mol. The van der Waals surface area contributed by atoms with Gasteiger partial charge in [0.25, 0.3) is 5.56 Å². The van der Waals surface area contributed by atoms with Crippen molar-refractivity contribution in [2.45, 2.75) is 6.54 Å². The molecule has 1 N–H and O–H groups in total. The molecule has 2 aromatic heterocycles. The summed E-state index contributed by atoms with van der Waals surface area (Å²) in [5.41, 5.74) is 2.48. The van der Waals surface area contributed by atoms with Crippen LogP contribution in [0, 0.1) is 5.92 Å². The van der Waals surface area contributed by atoms with E-state index in [0.29, 0.717) is 36.5 Å². The Hall–Kier alpha value is -3.39. The Kier molecular flexibility index (Phi) is 5.17. The summed E-state index contributed by atoms with van der Waals surface area (Å²) < 4.78 is 12.9. The number of fused-ring (bicyclic) bond motifs is 1. The fraction of sp³-hybridized carbons (Fsp3) is 0.318. The fourth-order valence-corrected chi connectivity index (χ4v) is 3.92. The smallest absolute Gasteiger partial charge is 0.309 e. The van der Waals surface area contributed by atoms with Crippen molar-refractivity contribution in [1.82, 2.24) is 14.5 Å². The van der Waals surface area contributed by atoms with Gasteiger partial charge < -0.3 is 19.1 Å². The number of carbonyl (C=O) groups is 1. The highest BCUT2D eigenvalue weighted by Crippen LogP contribution is 2.38. The van der Waals surface area contributed by atoms with Gasteiger partial charge in [-0.25, -0.2) is 0 Å². The Balaban J connectivity index is 1.78. The van der Waals surface area contributed by atoms with Crippen LogP contribution >= 0.6 is 0 Å². The number of aliphatic carboxylic acids is 1. The molecule has 8 heteroatoms. The maximum absolute atomic E-state index is 12.5. The van der Waals surface area contributed by atoms with Crippen molar-refractivity contribution in [2.24, 2.45) is 13.0 Å². The number of methoxy groups -OCH3 is 2. The van der Waals surface area contributed by atoms with Gasteiger partial charge in [0.1, 0.15) is 11.5 Å². The first kappa shape index (κ1) is 19.9. The molecule has 156 valence electrons. The summed E-state index contributed by atoms with van der Waals surface area (Å²) in [5, 5.41) is 10.4. The highest BCUT2D eigenvalue weighted by molar-refractivity contribution is 5.95. The number of carboxylic acid groups (broad SMARTS) is 1. The third-order valence-electron chi connectivity index (χ3n) is 5.59. The van der Waals surface area contributed by atoms with Crippen molar-refractivity contribution in [3.8, 4) is 22.6 Å². The van der Waals surface area contributed by atoms with Gasteiger partial charge in [-0.2, -0.15) is 0 Å². The number of aromatic nitrogens is 2. The predicted octanol–water partition coefficient (Wildman–Crippen LogP) is 2.13. The van der Waals surface area contributed by atoms with E-state index in [1.165, 1.54) is 4.57 Å². The molecule has 0 unspecified atom stereocenters. The maximum atomic E-state index is 12.5. The van der Waals surface area contributed by atoms with Gasteiger partial charge in [-0.1, -0.05) is 0 Å². The van der Waals surface area contributed by atoms with E-state index in [9.17, 15) is 9.59 Å². The van der Waals surface area contributed by atoms with Crippen molar-refractivity contribution in [1.29, 1.82) is 0 Å². The van der Waals surface area contributed by atoms with Crippen LogP contribution in [0.1, 0.15) is 5.56 Å². The second kappa shape index (κ2) is 7.79. The minimum atomic E-state index is -0.767. The number of rotatable bonds is 6. The van der Waals surface area contributed by atoms with Gasteiger partial charge in [0, 0.05) is 50.8 Å². The van der Waals surface area contributed by atoms with E-state index in [1.807, 2.05) is 23.1 Å². The van der Waals surface area contributed by atoms with Gasteiger partial charge in [-0.15, -0.1) is 0 Å². The Labute approximate surface area is 173 Å². The summed E-state index contributed by atoms with van der Waals surface area (Å²) in [7, 11) is 4.91. The molecule has 8 nitrogen and oxygen atoms in total. The molecule has 0 bridgehead atoms. The van der Waals surface area contributed by atoms with E-state index in [2.05, 4.69) is 4.98 Å². The first-order chi connectivity index (χ1) is 14.4. The lowest BCUT2D eigenvalue weighted by molar-refractivity contribution is -0.147. The largest absolute Gasteiger partial charge is 0.496 e. The lowest BCUT2D eigenvalue weighted by Crippen LogP contribution is -2.49. The quantitative estimate of drug-likeness (QED) is 0.667. The molecule has 0 radical (unpaired) electrons. The molecule has 1 aliphatic heterocycles. The standard InChI is InChI=1S/C22H23N3O5/c1-24-11-17(15-4-5-23-8-16(15)21(24)26)13-6-19(29-2)18(20(7-13)30-3)12-25-9-14(10-25)22(27)28/h4-8,11,14H,9-10,12H2,1-3H3,(H,27,28). The van der Waals surface area contributed by atoms with Crippen LogP contribution in [0.25, 0.3) is 21.9 Å². The third-order valence-corrected chi connectivity index (χ3v) is 5.59. The van der Waals surface area contributed by atoms with Gasteiger partial charge in [0.15, 0.2) is 0 Å². The van der Waals surface area contributed by atoms with E-state index in [4.69, 9.17) is 14.6 Å². The van der Waals surface area contributed by atoms with Crippen molar-refractivity contribution in [3.63, 3.8) is 0 Å². The van der Waals surface area contributed by atoms with E-state index < -0.39 is 5.97 Å². The average Bonchev–Trinajstić information content (AvgIpc) is 2.72. The SMILES string of the molecule is COc1cc(-c2cn(C)c(=O)c3cnccc23)cc(OC)c1CN1CC(C(=O)O)C1. The van der Waals surface area contributed by atoms with Crippen molar-refractivity contribution < 1.29 is 19.4 Å². The molecular formula is C22H23N3O5. The summed E-state index contributed by atoms with van der Waals surface area (Å²) in [6.07, 6.45) is 5.04. The van der Waals surface area contributed by atoms with Gasteiger partial charge in [0.05, 0.1) is 31.1 Å². The highest BCUT2D eigenvalue weighted by Gasteiger charge is 2.33. The predicted molar refractivity (Wildman–Crippen MR) is 112 cm³/mol. The number of hydrogen-bond donors (Lipinski definition) is 1. The van der Waals surface area contributed by atoms with Gasteiger partial charge in [-0.3, -0.25) is 19.5 Å². The van der Waals surface area contributed by atoms with Crippen LogP contribution in [-0.4, -0.2) is 52.8 Å². The normalized spacial score (nSPS) is 14.5. The zero-order valence-corrected chi connectivity index (χ0v) is 17.1. The van der Waals surface area contributed by atoms with Crippen LogP contribution in [0.2, 0.25) is 0 Å². The molecule has 0 spiro atoms. The van der Waals surface area contributed by atoms with Crippen LogP contribution in [0.3, 0.4) is 0 Å². The zero-order chi connectivity index (χ0) is 21.4. The molecule has 1 aromatic carbocycles. The number of hydrogen-bond acceptors (Lipinski definition) is 6. The highest BCUT2D eigenvalue weighted by atomic mass is 16.5. The Bertz CT molecular complexity index is 1160. The molecule has 30 heavy (non-hydrogen) atoms. The lowest BCUT2D eigenvalue weighted by atomic mass is 9.96. The number of aryl methyl sites for hydroxylation is 1. The van der Waals surface area contributed by atoms with Crippen LogP contribution in [0.15, 0.2) is 41.6 Å². The molecule has 0 atom stereocenters. The molecule has 3 heterocycles. The Morgan fingerprint density at radius 3 is 2.47 bits per heavy atom. The van der Waals surface area contributed by atoms with Crippen LogP contribution in [-0.2, 0) is 18.4 Å². The summed E-state index contributed by atoms with van der Waals surface area (Å²) >= 11 is 0. The van der Waals surface area contributed by atoms with Crippen molar-refractivity contribution >= 4 is 16.7 Å². The number of nitrogens with zero attached hydrogens (tertiary/aromatic N) is 3. The van der Waals surface area contributed by atoms with Gasteiger partial charge >= 0.3 is 5.97 Å². The third kappa shape index (κ3) is 3.39. The Morgan fingerprint density at radius 2 is 1.87 bits per heavy atom. The molecule has 0 saturated carbocycles. The fourth-order valence-electron chi connectivity index (χ4n) is 3.92. The zero-order valence-electron chi connectivity index (χ0n) is 17.1. The first-order valence-electron chi connectivity index (χ1n) is 9.56. The Morgan fingerprint density at radius 1 is 1.20 bits per heavy atom. The summed E-state index contributed by atoms with van der Waals surface area (Å²) in [5.74, 6) is 0.210. The molecule has 1 aliphatic rings. The van der Waals surface area contributed by atoms with Crippen LogP contribution in [0.4, 0.5) is 0 Å². The monoisotopic (exact) mass is 409 g/mol. The second-order valence-electron chi connectivity index (χ2n) is 7.47. The van der Waals surface area contributed by atoms with Gasteiger partial charge in [-0.05, 0) is 29.1 Å². The van der Waals surface area contributed by atoms with E-state index in [0.717, 1.165) is 22.1 Å². The molecule has 1 saturated heterocycles. The lowest BCUT2D eigenvalue weighted by Gasteiger charge is -2.37. The molecule has 3 aromatic rings. The minimum absolute atomic E-state index is 0.108. The number of carboxylic acids is 1. The number of pyridine rings is 2. The number of ether oxygens (including phenoxy) is 2. The van der Waals surface area contributed by atoms with Crippen molar-refractivity contribution in [2.75, 3.05) is 27.3 Å². The summed E-state index contributed by atoms with van der Waals surface area (Å²) in [6, 6.07) is 5.67. The molecule has 0 amide bonds.